The Morgan fingerprint density at radius 3 is 1.82 bits per heavy atom. The summed E-state index contributed by atoms with van der Waals surface area (Å²) in [5, 5.41) is 2.54. The van der Waals surface area contributed by atoms with Crippen LogP contribution in [0.25, 0.3) is 72.0 Å². The lowest BCUT2D eigenvalue weighted by Crippen LogP contribution is -2.60. The highest BCUT2D eigenvalue weighted by Gasteiger charge is 2.48. The highest BCUT2D eigenvalue weighted by Crippen LogP contribution is 2.56. The summed E-state index contributed by atoms with van der Waals surface area (Å²) < 4.78 is 2.63. The molecule has 0 fully saturated rings. The van der Waals surface area contributed by atoms with E-state index in [1.807, 2.05) is 0 Å². The fourth-order valence-corrected chi connectivity index (χ4v) is 13.1. The van der Waals surface area contributed by atoms with E-state index in [0.717, 1.165) is 4.90 Å². The van der Waals surface area contributed by atoms with Crippen molar-refractivity contribution in [1.82, 2.24) is 4.57 Å². The largest absolute Gasteiger partial charge is 0.376 e. The molecule has 4 aliphatic rings. The maximum absolute atomic E-state index is 5.31. The summed E-state index contributed by atoms with van der Waals surface area (Å²) in [5.74, 6) is 0. The van der Waals surface area contributed by atoms with Crippen LogP contribution >= 0.6 is 12.6 Å². The molecule has 2 aliphatic heterocycles. The Morgan fingerprint density at radius 1 is 0.478 bits per heavy atom. The number of thiol groups is 1. The van der Waals surface area contributed by atoms with Gasteiger partial charge < -0.3 is 9.38 Å². The van der Waals surface area contributed by atoms with Crippen LogP contribution in [-0.2, 0) is 21.7 Å². The van der Waals surface area contributed by atoms with Gasteiger partial charge in [0, 0.05) is 49.1 Å². The second-order valence-corrected chi connectivity index (χ2v) is 23.7. The molecule has 3 heterocycles. The number of benzene rings is 8. The molecule has 13 rings (SSSR count). The van der Waals surface area contributed by atoms with Crippen LogP contribution < -0.4 is 15.7 Å². The van der Waals surface area contributed by atoms with Gasteiger partial charge in [-0.25, -0.2) is 0 Å². The van der Waals surface area contributed by atoms with Crippen LogP contribution in [0.3, 0.4) is 0 Å². The minimum atomic E-state index is -0.162. The average Bonchev–Trinajstić information content (AvgIpc) is 3.82. The van der Waals surface area contributed by atoms with Gasteiger partial charge in [0.1, 0.15) is 0 Å². The van der Waals surface area contributed by atoms with E-state index in [4.69, 9.17) is 12.6 Å². The zero-order chi connectivity index (χ0) is 46.4. The van der Waals surface area contributed by atoms with Crippen molar-refractivity contribution in [2.45, 2.75) is 103 Å². The Hall–Kier alpha value is -6.23. The Balaban J connectivity index is 1.18. The van der Waals surface area contributed by atoms with Crippen molar-refractivity contribution in [3.63, 3.8) is 0 Å². The molecule has 67 heavy (non-hydrogen) atoms. The van der Waals surface area contributed by atoms with Crippen LogP contribution in [-0.4, -0.2) is 11.4 Å². The van der Waals surface area contributed by atoms with Crippen molar-refractivity contribution in [2.75, 3.05) is 4.81 Å². The summed E-state index contributed by atoms with van der Waals surface area (Å²) in [4.78, 5) is 3.72. The fraction of sp³-hybridized carbons (Fsp3) is 0.238. The van der Waals surface area contributed by atoms with E-state index in [1.165, 1.54) is 133 Å². The molecule has 0 saturated carbocycles. The van der Waals surface area contributed by atoms with E-state index in [-0.39, 0.29) is 28.5 Å². The van der Waals surface area contributed by atoms with Crippen LogP contribution in [0.15, 0.2) is 144 Å². The second-order valence-electron chi connectivity index (χ2n) is 23.2. The van der Waals surface area contributed by atoms with Gasteiger partial charge in [-0.2, -0.15) is 0 Å². The molecule has 0 atom stereocenters. The van der Waals surface area contributed by atoms with E-state index in [9.17, 15) is 0 Å². The zero-order valence-electron chi connectivity index (χ0n) is 40.7. The Kier molecular flexibility index (Phi) is 8.12. The zero-order valence-corrected chi connectivity index (χ0v) is 41.6. The standard InChI is InChI=1S/C63H57BN2S/c1-35-16-12-13-17-39(35)48-29-46-42-26-25-41-47-30-51-45(43-28-37(61(5,6)7)22-27-50(43)63(51,10)11)32-55(47)66(38-23-20-36(21-24-38)60(2,3)4)64-53-31-44-40-18-14-15-19-49(40)62(8,9)52(44)33-56(53)65(59(42)58(41)64)54(46)34-57(48)67/h12-34,67H,1-11H3. The lowest BCUT2D eigenvalue weighted by Gasteiger charge is -2.43. The lowest BCUT2D eigenvalue weighted by molar-refractivity contribution is 0.589. The highest BCUT2D eigenvalue weighted by molar-refractivity contribution is 7.80. The van der Waals surface area contributed by atoms with Gasteiger partial charge in [0.15, 0.2) is 0 Å². The first-order chi connectivity index (χ1) is 31.8. The first kappa shape index (κ1) is 41.0. The molecule has 0 bridgehead atoms. The van der Waals surface area contributed by atoms with E-state index in [1.54, 1.807) is 0 Å². The number of nitrogens with zero attached hydrogens (tertiary/aromatic N) is 2. The summed E-state index contributed by atoms with van der Waals surface area (Å²) in [6.07, 6.45) is 0. The van der Waals surface area contributed by atoms with Crippen molar-refractivity contribution in [1.29, 1.82) is 0 Å². The molecule has 0 amide bonds. The first-order valence-corrected chi connectivity index (χ1v) is 24.7. The Labute approximate surface area is 402 Å². The molecule has 0 radical (unpaired) electrons. The molecule has 0 saturated heterocycles. The van der Waals surface area contributed by atoms with Crippen molar-refractivity contribution in [2.24, 2.45) is 0 Å². The third-order valence-corrected chi connectivity index (χ3v) is 16.9. The predicted octanol–water partition coefficient (Wildman–Crippen LogP) is 15.5. The number of hydrogen-bond donors (Lipinski definition) is 1. The van der Waals surface area contributed by atoms with Crippen molar-refractivity contribution >= 4 is 63.6 Å². The highest BCUT2D eigenvalue weighted by atomic mass is 32.1. The third-order valence-electron chi connectivity index (χ3n) is 16.5. The lowest BCUT2D eigenvalue weighted by atomic mass is 9.43. The van der Waals surface area contributed by atoms with E-state index in [2.05, 4.69) is 225 Å². The van der Waals surface area contributed by atoms with Gasteiger partial charge in [0.05, 0.1) is 11.0 Å². The molecule has 4 heteroatoms. The summed E-state index contributed by atoms with van der Waals surface area (Å²) >= 11 is 5.31. The number of fused-ring (bicyclic) bond motifs is 14. The van der Waals surface area contributed by atoms with Crippen LogP contribution in [0.2, 0.25) is 0 Å². The van der Waals surface area contributed by atoms with E-state index in [0.29, 0.717) is 0 Å². The molecular weight excluding hydrogens is 828 g/mol. The average molecular weight is 885 g/mol. The van der Waals surface area contributed by atoms with Crippen LogP contribution in [0.5, 0.6) is 0 Å². The number of aromatic nitrogens is 1. The summed E-state index contributed by atoms with van der Waals surface area (Å²) in [6.45, 7) is 25.7. The van der Waals surface area contributed by atoms with Crippen molar-refractivity contribution in [3.8, 4) is 50.2 Å². The quantitative estimate of drug-likeness (QED) is 0.134. The fourth-order valence-electron chi connectivity index (χ4n) is 12.8. The maximum atomic E-state index is 5.31. The number of hydrogen-bond acceptors (Lipinski definition) is 2. The van der Waals surface area contributed by atoms with Gasteiger partial charge >= 0.3 is 6.85 Å². The SMILES string of the molecule is Cc1ccccc1-c1cc2c3ccc4c5c3n(c2cc1S)-c1cc2c(cc1B5N(c1ccc(C(C)(C)C)cc1)c1cc3c(cc1-4)C(C)(C)c1ccc(C(C)(C)C)cc1-3)-c1ccccc1C2(C)C. The maximum Gasteiger partial charge on any atom is 0.333 e. The Bertz CT molecular complexity index is 3680. The van der Waals surface area contributed by atoms with Gasteiger partial charge in [0.25, 0.3) is 0 Å². The van der Waals surface area contributed by atoms with Crippen molar-refractivity contribution in [3.05, 3.63) is 178 Å². The molecule has 9 aromatic rings. The number of rotatable bonds is 2. The molecule has 0 N–H and O–H groups in total. The minimum Gasteiger partial charge on any atom is -0.376 e. The topological polar surface area (TPSA) is 8.17 Å². The van der Waals surface area contributed by atoms with Crippen LogP contribution in [0.1, 0.15) is 108 Å². The smallest absolute Gasteiger partial charge is 0.333 e. The van der Waals surface area contributed by atoms with Crippen LogP contribution in [0.4, 0.5) is 11.4 Å². The minimum absolute atomic E-state index is 0.0279. The number of anilines is 2. The molecular formula is C63H57BN2S. The molecule has 2 aliphatic carbocycles. The number of aryl methyl sites for hydroxylation is 1. The predicted molar refractivity (Wildman–Crippen MR) is 290 cm³/mol. The molecule has 1 aromatic heterocycles. The summed E-state index contributed by atoms with van der Waals surface area (Å²) in [7, 11) is 0. The second kappa shape index (κ2) is 13.3. The van der Waals surface area contributed by atoms with Gasteiger partial charge in [-0.05, 0) is 149 Å². The van der Waals surface area contributed by atoms with Gasteiger partial charge in [-0.15, -0.1) is 12.6 Å². The van der Waals surface area contributed by atoms with Gasteiger partial charge in [0.2, 0.25) is 0 Å². The molecule has 328 valence electrons. The molecule has 0 spiro atoms. The van der Waals surface area contributed by atoms with E-state index < -0.39 is 0 Å². The third kappa shape index (κ3) is 5.43. The molecule has 0 unspecified atom stereocenters. The Morgan fingerprint density at radius 2 is 1.10 bits per heavy atom. The summed E-state index contributed by atoms with van der Waals surface area (Å²) in [6, 6.07) is 54.6. The first-order valence-electron chi connectivity index (χ1n) is 24.3. The van der Waals surface area contributed by atoms with Gasteiger partial charge in [-0.3, -0.25) is 0 Å². The molecule has 8 aromatic carbocycles. The normalized spacial score (nSPS) is 15.6. The van der Waals surface area contributed by atoms with Crippen molar-refractivity contribution < 1.29 is 0 Å². The summed E-state index contributed by atoms with van der Waals surface area (Å²) in [5.41, 5.74) is 28.6. The van der Waals surface area contributed by atoms with Crippen LogP contribution in [0, 0.1) is 6.92 Å². The molecule has 2 nitrogen and oxygen atoms in total. The monoisotopic (exact) mass is 884 g/mol. The van der Waals surface area contributed by atoms with E-state index >= 15 is 0 Å². The van der Waals surface area contributed by atoms with Gasteiger partial charge in [-0.1, -0.05) is 166 Å².